The summed E-state index contributed by atoms with van der Waals surface area (Å²) in [6.45, 7) is 6.87. The molecular weight excluding hydrogens is 527 g/mol. The van der Waals surface area contributed by atoms with Gasteiger partial charge in [-0.2, -0.15) is 15.8 Å². The summed E-state index contributed by atoms with van der Waals surface area (Å²) in [5, 5.41) is 38.9. The molecule has 42 heavy (non-hydrogen) atoms. The number of hydrazine groups is 2. The van der Waals surface area contributed by atoms with Gasteiger partial charge >= 0.3 is 0 Å². The zero-order chi connectivity index (χ0) is 30.3. The van der Waals surface area contributed by atoms with Crippen molar-refractivity contribution in [3.05, 3.63) is 76.7 Å². The average Bonchev–Trinajstić information content (AvgIpc) is 3.63. The van der Waals surface area contributed by atoms with Gasteiger partial charge in [0.2, 0.25) is 5.91 Å². The highest BCUT2D eigenvalue weighted by Gasteiger charge is 2.55. The Morgan fingerprint density at radius 2 is 1.88 bits per heavy atom. The fourth-order valence-electron chi connectivity index (χ4n) is 5.10. The van der Waals surface area contributed by atoms with Crippen molar-refractivity contribution in [3.63, 3.8) is 0 Å². The van der Waals surface area contributed by atoms with E-state index >= 15 is 0 Å². The van der Waals surface area contributed by atoms with Crippen LogP contribution in [0.1, 0.15) is 55.9 Å². The predicted molar refractivity (Wildman–Crippen MR) is 161 cm³/mol. The molecule has 12 heteroatoms. The first-order valence-corrected chi connectivity index (χ1v) is 13.6. The Morgan fingerprint density at radius 1 is 1.14 bits per heavy atom. The average molecular weight is 558 g/mol. The van der Waals surface area contributed by atoms with Crippen molar-refractivity contribution in [2.24, 2.45) is 11.1 Å². The molecule has 0 saturated heterocycles. The second kappa shape index (κ2) is 10.3. The molecule has 210 valence electrons. The lowest BCUT2D eigenvalue weighted by Gasteiger charge is -2.34. The van der Waals surface area contributed by atoms with E-state index in [9.17, 15) is 20.6 Å². The molecule has 1 aromatic heterocycles. The Labute approximate surface area is 245 Å². The first kappa shape index (κ1) is 28.3. The van der Waals surface area contributed by atoms with Crippen LogP contribution >= 0.6 is 0 Å². The van der Waals surface area contributed by atoms with E-state index in [0.29, 0.717) is 64.1 Å². The van der Waals surface area contributed by atoms with Gasteiger partial charge in [0.15, 0.2) is 0 Å². The van der Waals surface area contributed by atoms with Crippen LogP contribution in [0.5, 0.6) is 0 Å². The maximum atomic E-state index is 12.2. The second-order valence-electron chi connectivity index (χ2n) is 12.1. The van der Waals surface area contributed by atoms with Crippen LogP contribution in [0.2, 0.25) is 0 Å². The van der Waals surface area contributed by atoms with Gasteiger partial charge in [0, 0.05) is 30.0 Å². The van der Waals surface area contributed by atoms with Crippen LogP contribution in [0, 0.1) is 39.4 Å². The Hall–Kier alpha value is -5.25. The summed E-state index contributed by atoms with van der Waals surface area (Å²) in [6.07, 6.45) is 4.55. The fraction of sp³-hybridized carbons (Fsp3) is 0.300. The van der Waals surface area contributed by atoms with Crippen molar-refractivity contribution >= 4 is 36.0 Å². The maximum Gasteiger partial charge on any atom is 0.244 e. The molecule has 2 aromatic carbocycles. The summed E-state index contributed by atoms with van der Waals surface area (Å²) in [4.78, 5) is 16.7. The van der Waals surface area contributed by atoms with Gasteiger partial charge in [-0.1, -0.05) is 32.9 Å². The number of fused-ring (bicyclic) bond motifs is 1. The molecule has 0 spiro atoms. The van der Waals surface area contributed by atoms with Crippen molar-refractivity contribution < 1.29 is 4.79 Å². The number of anilines is 2. The quantitative estimate of drug-likeness (QED) is 0.258. The highest BCUT2D eigenvalue weighted by atomic mass is 16.2. The largest absolute Gasteiger partial charge is 0.383 e. The Kier molecular flexibility index (Phi) is 6.94. The van der Waals surface area contributed by atoms with Gasteiger partial charge in [0.05, 0.1) is 45.1 Å². The summed E-state index contributed by atoms with van der Waals surface area (Å²) in [5.41, 5.74) is 14.4. The third-order valence-electron chi connectivity index (χ3n) is 7.72. The van der Waals surface area contributed by atoms with Crippen LogP contribution < -0.4 is 27.3 Å². The number of carbonyl (C=O) groups is 1. The molecule has 11 nitrogen and oxygen atoms in total. The van der Waals surface area contributed by atoms with E-state index in [1.54, 1.807) is 29.3 Å². The third kappa shape index (κ3) is 5.03. The lowest BCUT2D eigenvalue weighted by molar-refractivity contribution is -0.124. The minimum atomic E-state index is -0.970. The molecule has 5 rings (SSSR count). The van der Waals surface area contributed by atoms with Gasteiger partial charge < -0.3 is 21.8 Å². The van der Waals surface area contributed by atoms with Gasteiger partial charge in [0.25, 0.3) is 0 Å². The van der Waals surface area contributed by atoms with Crippen LogP contribution in [0.25, 0.3) is 10.9 Å². The van der Waals surface area contributed by atoms with Crippen LogP contribution in [-0.2, 0) is 10.2 Å². The topological polar surface area (TPSA) is 179 Å². The third-order valence-corrected chi connectivity index (χ3v) is 7.72. The van der Waals surface area contributed by atoms with E-state index in [-0.39, 0.29) is 5.41 Å². The van der Waals surface area contributed by atoms with Crippen LogP contribution in [-0.4, -0.2) is 35.8 Å². The van der Waals surface area contributed by atoms with E-state index < -0.39 is 16.9 Å². The number of amides is 1. The van der Waals surface area contributed by atoms with E-state index in [4.69, 9.17) is 5.73 Å². The van der Waals surface area contributed by atoms with Crippen LogP contribution in [0.3, 0.4) is 0 Å². The number of primary amides is 1. The Bertz CT molecular complexity index is 1750. The zero-order valence-electron chi connectivity index (χ0n) is 24.0. The molecule has 2 heterocycles. The molecule has 0 bridgehead atoms. The number of benzene rings is 2. The van der Waals surface area contributed by atoms with Crippen molar-refractivity contribution in [2.45, 2.75) is 44.6 Å². The molecule has 1 unspecified atom stereocenters. The molecule has 0 radical (unpaired) electrons. The fourth-order valence-corrected chi connectivity index (χ4v) is 5.10. The molecule has 2 aliphatic rings. The molecule has 1 amide bonds. The molecule has 1 aliphatic heterocycles. The molecule has 1 atom stereocenters. The van der Waals surface area contributed by atoms with Gasteiger partial charge in [-0.25, -0.2) is 0 Å². The van der Waals surface area contributed by atoms with Crippen molar-refractivity contribution in [3.8, 4) is 18.2 Å². The van der Waals surface area contributed by atoms with Crippen molar-refractivity contribution in [1.82, 2.24) is 21.0 Å². The van der Waals surface area contributed by atoms with Crippen LogP contribution in [0.4, 0.5) is 11.4 Å². The Balaban J connectivity index is 1.65. The summed E-state index contributed by atoms with van der Waals surface area (Å²) in [7, 11) is 1.94. The maximum absolute atomic E-state index is 12.2. The highest BCUT2D eigenvalue weighted by molar-refractivity contribution is 6.19. The number of carbonyl (C=O) groups excluding carboxylic acids is 1. The molecule has 1 aliphatic carbocycles. The van der Waals surface area contributed by atoms with Crippen molar-refractivity contribution in [2.75, 3.05) is 17.2 Å². The minimum Gasteiger partial charge on any atom is -0.383 e. The number of nitrogens with one attached hydrogen (secondary N) is 4. The number of hydrogen-bond acceptors (Lipinski definition) is 10. The zero-order valence-corrected chi connectivity index (χ0v) is 24.0. The van der Waals surface area contributed by atoms with E-state index in [2.05, 4.69) is 65.6 Å². The van der Waals surface area contributed by atoms with E-state index in [0.717, 1.165) is 5.56 Å². The summed E-state index contributed by atoms with van der Waals surface area (Å²) >= 11 is 0. The lowest BCUT2D eigenvalue weighted by Crippen LogP contribution is -2.52. The standard InChI is InChI=1S/C30H31BN10O/c1-28(2,3)17-37-26-20(14-34)15-36-25-19(13-33)10-22(11-23(25)26)38-30(31,21-6-4-5-18(9-21)12-32)24-16-41(40-39-24)29(7-8-29)27(35)42/h4-6,9-11,15-16,38-40H,7-8,17,31H2,1-3H3,(H2,35,42)(H,36,37). The van der Waals surface area contributed by atoms with Gasteiger partial charge in [-0.3, -0.25) is 14.8 Å². The SMILES string of the molecule is BC(Nc1cc(C#N)c2ncc(C#N)c(NCC(C)(C)C)c2c1)(C1=CN(C2(C(N)=O)CC2)NN1)c1cccc(C#N)c1. The number of aromatic nitrogens is 1. The van der Waals surface area contributed by atoms with E-state index in [1.165, 1.54) is 6.20 Å². The Morgan fingerprint density at radius 3 is 2.50 bits per heavy atom. The molecular formula is C30H31BN10O. The molecule has 6 N–H and O–H groups in total. The number of nitrogens with two attached hydrogens (primary N) is 1. The number of hydrogen-bond donors (Lipinski definition) is 5. The smallest absolute Gasteiger partial charge is 0.244 e. The molecule has 1 fully saturated rings. The van der Waals surface area contributed by atoms with Gasteiger partial charge in [-0.15, -0.1) is 5.53 Å². The molecule has 1 saturated carbocycles. The number of pyridine rings is 1. The number of nitrogens with zero attached hydrogens (tertiary/aromatic N) is 5. The van der Waals surface area contributed by atoms with Crippen LogP contribution in [0.15, 0.2) is 54.5 Å². The normalized spacial score (nSPS) is 16.7. The van der Waals surface area contributed by atoms with Crippen molar-refractivity contribution in [1.29, 1.82) is 15.8 Å². The summed E-state index contributed by atoms with van der Waals surface area (Å²) in [6, 6.07) is 17.5. The highest BCUT2D eigenvalue weighted by Crippen LogP contribution is 2.43. The number of nitriles is 3. The first-order chi connectivity index (χ1) is 19.9. The first-order valence-electron chi connectivity index (χ1n) is 13.6. The monoisotopic (exact) mass is 558 g/mol. The summed E-state index contributed by atoms with van der Waals surface area (Å²) < 4.78 is 0. The predicted octanol–water partition coefficient (Wildman–Crippen LogP) is 2.39. The van der Waals surface area contributed by atoms with E-state index in [1.807, 2.05) is 26.2 Å². The summed E-state index contributed by atoms with van der Waals surface area (Å²) in [5.74, 6) is -0.417. The molecule has 3 aromatic rings. The number of rotatable bonds is 8. The minimum absolute atomic E-state index is 0.0656. The second-order valence-corrected chi connectivity index (χ2v) is 12.1. The van der Waals surface area contributed by atoms with Gasteiger partial charge in [-0.05, 0) is 48.1 Å². The van der Waals surface area contributed by atoms with Gasteiger partial charge in [0.1, 0.15) is 25.5 Å². The lowest BCUT2D eigenvalue weighted by atomic mass is 9.69.